The lowest BCUT2D eigenvalue weighted by molar-refractivity contribution is -0.665. The van der Waals surface area contributed by atoms with E-state index in [4.69, 9.17) is 4.74 Å². The van der Waals surface area contributed by atoms with E-state index < -0.39 is 5.97 Å². The fourth-order valence-electron chi connectivity index (χ4n) is 2.18. The van der Waals surface area contributed by atoms with Crippen LogP contribution in [0, 0.1) is 0 Å². The van der Waals surface area contributed by atoms with E-state index in [-0.39, 0.29) is 5.75 Å². The minimum atomic E-state index is -1.03. The van der Waals surface area contributed by atoms with Gasteiger partial charge in [0.05, 0.1) is 19.1 Å². The molecule has 0 fully saturated rings. The third kappa shape index (κ3) is 3.81. The number of hydrogen-bond donors (Lipinski definition) is 0. The molecule has 0 saturated carbocycles. The SMILES string of the molecule is CCC(=Cc1sc2ccc(OC)cc2[n+]1CC)SCC(=O)[O-]. The first-order chi connectivity index (χ1) is 10.6. The molecule has 118 valence electrons. The molecule has 0 aliphatic heterocycles. The molecule has 4 nitrogen and oxygen atoms in total. The molecule has 2 aromatic rings. The fraction of sp³-hybridized carbons (Fsp3) is 0.375. The molecule has 0 aliphatic carbocycles. The highest BCUT2D eigenvalue weighted by Gasteiger charge is 2.18. The van der Waals surface area contributed by atoms with Gasteiger partial charge in [-0.25, -0.2) is 0 Å². The van der Waals surface area contributed by atoms with Gasteiger partial charge in [0.25, 0.3) is 5.01 Å². The summed E-state index contributed by atoms with van der Waals surface area (Å²) in [7, 11) is 1.66. The molecule has 2 rings (SSSR count). The number of ether oxygens (including phenoxy) is 1. The Morgan fingerprint density at radius 2 is 2.23 bits per heavy atom. The van der Waals surface area contributed by atoms with E-state index in [2.05, 4.69) is 23.6 Å². The molecule has 0 N–H and O–H groups in total. The maximum absolute atomic E-state index is 10.6. The number of carboxylic acids is 1. The third-order valence-electron chi connectivity index (χ3n) is 3.26. The lowest BCUT2D eigenvalue weighted by Gasteiger charge is -2.04. The monoisotopic (exact) mass is 337 g/mol. The van der Waals surface area contributed by atoms with Crippen LogP contribution in [-0.4, -0.2) is 18.8 Å². The predicted molar refractivity (Wildman–Crippen MR) is 90.0 cm³/mol. The smallest absolute Gasteiger partial charge is 0.263 e. The van der Waals surface area contributed by atoms with Crippen LogP contribution >= 0.6 is 23.1 Å². The Morgan fingerprint density at radius 3 is 2.82 bits per heavy atom. The van der Waals surface area contributed by atoms with Crippen LogP contribution in [0.25, 0.3) is 16.3 Å². The number of rotatable bonds is 7. The van der Waals surface area contributed by atoms with Crippen molar-refractivity contribution in [2.45, 2.75) is 26.8 Å². The van der Waals surface area contributed by atoms with Crippen LogP contribution in [0.2, 0.25) is 0 Å². The molecule has 1 heterocycles. The van der Waals surface area contributed by atoms with Gasteiger partial charge in [-0.1, -0.05) is 18.3 Å². The number of thiazole rings is 1. The Kier molecular flexibility index (Phi) is 5.85. The first-order valence-electron chi connectivity index (χ1n) is 7.12. The van der Waals surface area contributed by atoms with Gasteiger partial charge in [-0.2, -0.15) is 4.57 Å². The second-order valence-electron chi connectivity index (χ2n) is 4.64. The van der Waals surface area contributed by atoms with Gasteiger partial charge in [0.2, 0.25) is 5.52 Å². The van der Waals surface area contributed by atoms with Gasteiger partial charge in [0, 0.05) is 11.8 Å². The molecule has 1 aromatic heterocycles. The molecule has 0 amide bonds. The molecular weight excluding hydrogens is 318 g/mol. The number of aromatic nitrogens is 1. The zero-order valence-corrected chi connectivity index (χ0v) is 14.6. The molecule has 22 heavy (non-hydrogen) atoms. The van der Waals surface area contributed by atoms with E-state index in [1.807, 2.05) is 19.1 Å². The summed E-state index contributed by atoms with van der Waals surface area (Å²) >= 11 is 3.03. The number of aliphatic carboxylic acids is 1. The second kappa shape index (κ2) is 7.65. The minimum Gasteiger partial charge on any atom is -0.549 e. The molecule has 0 aliphatic rings. The van der Waals surface area contributed by atoms with Crippen LogP contribution < -0.4 is 14.4 Å². The van der Waals surface area contributed by atoms with Gasteiger partial charge < -0.3 is 14.6 Å². The van der Waals surface area contributed by atoms with Gasteiger partial charge in [0.1, 0.15) is 17.0 Å². The summed E-state index contributed by atoms with van der Waals surface area (Å²) in [6, 6.07) is 6.05. The zero-order chi connectivity index (χ0) is 16.1. The van der Waals surface area contributed by atoms with Crippen molar-refractivity contribution in [3.05, 3.63) is 28.1 Å². The topological polar surface area (TPSA) is 53.2 Å². The Morgan fingerprint density at radius 1 is 1.45 bits per heavy atom. The zero-order valence-electron chi connectivity index (χ0n) is 12.9. The molecular formula is C16H19NO3S2. The van der Waals surface area contributed by atoms with E-state index >= 15 is 0 Å². The molecule has 0 spiro atoms. The lowest BCUT2D eigenvalue weighted by atomic mass is 10.3. The number of allylic oxidation sites excluding steroid dienone is 1. The van der Waals surface area contributed by atoms with Crippen molar-refractivity contribution < 1.29 is 19.2 Å². The number of fused-ring (bicyclic) bond motifs is 1. The first-order valence-corrected chi connectivity index (χ1v) is 8.92. The normalized spacial score (nSPS) is 11.9. The number of carbonyl (C=O) groups is 1. The van der Waals surface area contributed by atoms with Gasteiger partial charge in [0.15, 0.2) is 0 Å². The summed E-state index contributed by atoms with van der Waals surface area (Å²) in [4.78, 5) is 11.7. The van der Waals surface area contributed by atoms with Crippen LogP contribution in [0.3, 0.4) is 0 Å². The average Bonchev–Trinajstić information content (AvgIpc) is 2.86. The molecule has 0 bridgehead atoms. The van der Waals surface area contributed by atoms with E-state index in [0.29, 0.717) is 0 Å². The largest absolute Gasteiger partial charge is 0.549 e. The Bertz CT molecular complexity index is 707. The molecule has 1 aromatic carbocycles. The van der Waals surface area contributed by atoms with Crippen molar-refractivity contribution in [2.75, 3.05) is 12.9 Å². The van der Waals surface area contributed by atoms with E-state index in [1.165, 1.54) is 16.5 Å². The Hall–Kier alpha value is -1.53. The van der Waals surface area contributed by atoms with Crippen LogP contribution in [0.4, 0.5) is 0 Å². The molecule has 6 heteroatoms. The first kappa shape index (κ1) is 16.8. The van der Waals surface area contributed by atoms with Crippen LogP contribution in [-0.2, 0) is 11.3 Å². The fourth-order valence-corrected chi connectivity index (χ4v) is 4.13. The van der Waals surface area contributed by atoms with Gasteiger partial charge in [-0.05, 0) is 30.4 Å². The van der Waals surface area contributed by atoms with Crippen LogP contribution in [0.1, 0.15) is 25.3 Å². The summed E-state index contributed by atoms with van der Waals surface area (Å²) in [5, 5.41) is 11.7. The van der Waals surface area contributed by atoms with Gasteiger partial charge in [-0.15, -0.1) is 11.8 Å². The number of aryl methyl sites for hydroxylation is 1. The van der Waals surface area contributed by atoms with E-state index in [9.17, 15) is 9.90 Å². The van der Waals surface area contributed by atoms with E-state index in [1.54, 1.807) is 18.4 Å². The second-order valence-corrected chi connectivity index (χ2v) is 6.81. The quantitative estimate of drug-likeness (QED) is 0.728. The third-order valence-corrected chi connectivity index (χ3v) is 5.53. The maximum Gasteiger partial charge on any atom is 0.263 e. The highest BCUT2D eigenvalue weighted by molar-refractivity contribution is 8.03. The molecule has 0 radical (unpaired) electrons. The Balaban J connectivity index is 2.43. The van der Waals surface area contributed by atoms with Crippen molar-refractivity contribution in [1.29, 1.82) is 0 Å². The summed E-state index contributed by atoms with van der Waals surface area (Å²) in [6.45, 7) is 4.98. The average molecular weight is 337 g/mol. The standard InChI is InChI=1S/C16H19NO3S2/c1-4-12(21-10-16(18)19)9-15-17(5-2)13-8-11(20-3)6-7-14(13)22-15/h6-9H,4-5,10H2,1-3H3. The van der Waals surface area contributed by atoms with Crippen molar-refractivity contribution in [2.24, 2.45) is 0 Å². The molecule has 0 atom stereocenters. The minimum absolute atomic E-state index is 0.00941. The molecule has 0 unspecified atom stereocenters. The highest BCUT2D eigenvalue weighted by Crippen LogP contribution is 2.28. The van der Waals surface area contributed by atoms with Crippen molar-refractivity contribution in [3.8, 4) is 5.75 Å². The Labute approximate surface area is 138 Å². The number of methoxy groups -OCH3 is 1. The lowest BCUT2D eigenvalue weighted by Crippen LogP contribution is -2.33. The molecule has 0 saturated heterocycles. The van der Waals surface area contributed by atoms with Crippen LogP contribution in [0.5, 0.6) is 5.75 Å². The van der Waals surface area contributed by atoms with Crippen molar-refractivity contribution in [3.63, 3.8) is 0 Å². The van der Waals surface area contributed by atoms with Crippen LogP contribution in [0.15, 0.2) is 23.1 Å². The van der Waals surface area contributed by atoms with Crippen molar-refractivity contribution >= 4 is 45.4 Å². The summed E-state index contributed by atoms with van der Waals surface area (Å²) in [5.41, 5.74) is 1.14. The summed E-state index contributed by atoms with van der Waals surface area (Å²) < 4.78 is 8.71. The maximum atomic E-state index is 10.6. The van der Waals surface area contributed by atoms with Gasteiger partial charge in [-0.3, -0.25) is 0 Å². The number of hydrogen-bond acceptors (Lipinski definition) is 5. The number of carboxylic acid groups (broad SMARTS) is 1. The summed E-state index contributed by atoms with van der Waals surface area (Å²) in [6.07, 6.45) is 2.88. The summed E-state index contributed by atoms with van der Waals surface area (Å²) in [5.74, 6) is -0.205. The number of nitrogens with zero attached hydrogens (tertiary/aromatic N) is 1. The number of benzene rings is 1. The highest BCUT2D eigenvalue weighted by atomic mass is 32.2. The van der Waals surface area contributed by atoms with E-state index in [0.717, 1.165) is 34.1 Å². The van der Waals surface area contributed by atoms with Gasteiger partial charge >= 0.3 is 0 Å². The van der Waals surface area contributed by atoms with Crippen molar-refractivity contribution in [1.82, 2.24) is 0 Å². The predicted octanol–water partition coefficient (Wildman–Crippen LogP) is 2.45. The number of thioether (sulfide) groups is 1. The number of carbonyl (C=O) groups excluding carboxylic acids is 1.